The fourth-order valence-electron chi connectivity index (χ4n) is 1.17. The summed E-state index contributed by atoms with van der Waals surface area (Å²) in [5, 5.41) is 8.57. The zero-order valence-corrected chi connectivity index (χ0v) is 8.58. The van der Waals surface area contributed by atoms with Gasteiger partial charge in [0.1, 0.15) is 0 Å². The minimum absolute atomic E-state index is 0.0609. The summed E-state index contributed by atoms with van der Waals surface area (Å²) < 4.78 is 0. The third kappa shape index (κ3) is 3.12. The van der Waals surface area contributed by atoms with Crippen molar-refractivity contribution in [2.75, 3.05) is 6.61 Å². The Labute approximate surface area is 88.9 Å². The van der Waals surface area contributed by atoms with Gasteiger partial charge in [-0.25, -0.2) is 0 Å². The molecule has 0 heterocycles. The summed E-state index contributed by atoms with van der Waals surface area (Å²) in [7, 11) is 0. The summed E-state index contributed by atoms with van der Waals surface area (Å²) in [6, 6.07) is 5.13. The van der Waals surface area contributed by atoms with Crippen LogP contribution in [-0.4, -0.2) is 17.6 Å². The summed E-state index contributed by atoms with van der Waals surface area (Å²) in [5.41, 5.74) is 7.40. The molecule has 0 unspecified atom stereocenters. The minimum atomic E-state index is -0.437. The Bertz CT molecular complexity index is 427. The topological polar surface area (TPSA) is 63.3 Å². The van der Waals surface area contributed by atoms with Gasteiger partial charge in [0.25, 0.3) is 0 Å². The Morgan fingerprint density at radius 1 is 1.53 bits per heavy atom. The highest BCUT2D eigenvalue weighted by molar-refractivity contribution is 5.93. The van der Waals surface area contributed by atoms with E-state index in [1.54, 1.807) is 18.2 Å². The van der Waals surface area contributed by atoms with Gasteiger partial charge in [-0.05, 0) is 30.7 Å². The Morgan fingerprint density at radius 2 is 2.27 bits per heavy atom. The first-order chi connectivity index (χ1) is 7.15. The second-order valence-corrected chi connectivity index (χ2v) is 3.17. The fraction of sp³-hybridized carbons (Fsp3) is 0.250. The number of rotatable bonds is 2. The molecule has 1 amide bonds. The molecule has 0 aliphatic heterocycles. The number of nitrogens with two attached hydrogens (primary N) is 1. The Hall–Kier alpha value is -1.79. The first kappa shape index (κ1) is 11.3. The van der Waals surface area contributed by atoms with E-state index in [9.17, 15) is 4.79 Å². The number of hydrogen-bond donors (Lipinski definition) is 2. The summed E-state index contributed by atoms with van der Waals surface area (Å²) >= 11 is 0. The fourth-order valence-corrected chi connectivity index (χ4v) is 1.17. The highest BCUT2D eigenvalue weighted by Gasteiger charge is 2.01. The minimum Gasteiger partial charge on any atom is -0.395 e. The second-order valence-electron chi connectivity index (χ2n) is 3.17. The van der Waals surface area contributed by atoms with E-state index < -0.39 is 5.91 Å². The van der Waals surface area contributed by atoms with Crippen LogP contribution in [0, 0.1) is 18.8 Å². The first-order valence-electron chi connectivity index (χ1n) is 4.65. The molecular weight excluding hydrogens is 190 g/mol. The maximum Gasteiger partial charge on any atom is 0.248 e. The van der Waals surface area contributed by atoms with Gasteiger partial charge in [-0.15, -0.1) is 0 Å². The second kappa shape index (κ2) is 5.18. The van der Waals surface area contributed by atoms with Gasteiger partial charge < -0.3 is 10.8 Å². The molecular formula is C12H13NO2. The van der Waals surface area contributed by atoms with Crippen LogP contribution < -0.4 is 5.73 Å². The zero-order valence-electron chi connectivity index (χ0n) is 8.58. The lowest BCUT2D eigenvalue weighted by Crippen LogP contribution is -2.11. The zero-order chi connectivity index (χ0) is 11.3. The monoisotopic (exact) mass is 203 g/mol. The number of benzene rings is 1. The van der Waals surface area contributed by atoms with E-state index in [2.05, 4.69) is 11.8 Å². The summed E-state index contributed by atoms with van der Waals surface area (Å²) in [5.74, 6) is 5.31. The number of aliphatic hydroxyl groups excluding tert-OH is 1. The number of carbonyl (C=O) groups excluding carboxylic acids is 1. The van der Waals surface area contributed by atoms with Crippen molar-refractivity contribution >= 4 is 5.91 Å². The third-order valence-electron chi connectivity index (χ3n) is 1.97. The Morgan fingerprint density at radius 3 is 2.80 bits per heavy atom. The van der Waals surface area contributed by atoms with E-state index in [4.69, 9.17) is 10.8 Å². The summed E-state index contributed by atoms with van der Waals surface area (Å²) in [6.45, 7) is 1.93. The molecule has 0 aliphatic carbocycles. The first-order valence-corrected chi connectivity index (χ1v) is 4.65. The molecule has 0 saturated carbocycles. The van der Waals surface area contributed by atoms with Gasteiger partial charge in [0.15, 0.2) is 0 Å². The highest BCUT2D eigenvalue weighted by atomic mass is 16.2. The Kier molecular flexibility index (Phi) is 3.90. The summed E-state index contributed by atoms with van der Waals surface area (Å²) in [6.07, 6.45) is 0.455. The number of hydrogen-bond acceptors (Lipinski definition) is 2. The van der Waals surface area contributed by atoms with E-state index in [-0.39, 0.29) is 6.61 Å². The van der Waals surface area contributed by atoms with Gasteiger partial charge in [0.05, 0.1) is 6.61 Å². The van der Waals surface area contributed by atoms with Crippen LogP contribution in [0.3, 0.4) is 0 Å². The van der Waals surface area contributed by atoms with Crippen molar-refractivity contribution in [2.45, 2.75) is 13.3 Å². The van der Waals surface area contributed by atoms with Crippen molar-refractivity contribution < 1.29 is 9.90 Å². The van der Waals surface area contributed by atoms with Crippen molar-refractivity contribution in [3.05, 3.63) is 34.9 Å². The quantitative estimate of drug-likeness (QED) is 0.699. The molecule has 1 aromatic rings. The van der Waals surface area contributed by atoms with E-state index in [0.29, 0.717) is 12.0 Å². The van der Waals surface area contributed by atoms with Crippen LogP contribution >= 0.6 is 0 Å². The number of aryl methyl sites for hydroxylation is 1. The molecule has 0 saturated heterocycles. The molecule has 78 valence electrons. The lowest BCUT2D eigenvalue weighted by Gasteiger charge is -2.00. The predicted molar refractivity (Wildman–Crippen MR) is 58.3 cm³/mol. The normalized spacial score (nSPS) is 9.20. The van der Waals surface area contributed by atoms with Gasteiger partial charge in [-0.1, -0.05) is 11.8 Å². The maximum atomic E-state index is 10.9. The lowest BCUT2D eigenvalue weighted by atomic mass is 10.1. The molecule has 0 fully saturated rings. The summed E-state index contributed by atoms with van der Waals surface area (Å²) in [4.78, 5) is 10.9. The molecule has 3 heteroatoms. The van der Waals surface area contributed by atoms with E-state index in [1.165, 1.54) is 0 Å². The SMILES string of the molecule is Cc1cc(C(N)=O)ccc1C#CCCO. The van der Waals surface area contributed by atoms with Crippen LogP contribution in [0.5, 0.6) is 0 Å². The van der Waals surface area contributed by atoms with Crippen molar-refractivity contribution in [3.63, 3.8) is 0 Å². The molecule has 3 nitrogen and oxygen atoms in total. The highest BCUT2D eigenvalue weighted by Crippen LogP contribution is 2.09. The van der Waals surface area contributed by atoms with Crippen LogP contribution in [-0.2, 0) is 0 Å². The van der Waals surface area contributed by atoms with Crippen LogP contribution in [0.15, 0.2) is 18.2 Å². The van der Waals surface area contributed by atoms with Crippen LogP contribution in [0.1, 0.15) is 27.9 Å². The van der Waals surface area contributed by atoms with E-state index >= 15 is 0 Å². The number of carbonyl (C=O) groups is 1. The van der Waals surface area contributed by atoms with Gasteiger partial charge in [-0.3, -0.25) is 4.79 Å². The van der Waals surface area contributed by atoms with Crippen LogP contribution in [0.25, 0.3) is 0 Å². The van der Waals surface area contributed by atoms with Crippen molar-refractivity contribution in [3.8, 4) is 11.8 Å². The molecule has 0 atom stereocenters. The number of amides is 1. The molecule has 0 radical (unpaired) electrons. The predicted octanol–water partition coefficient (Wildman–Crippen LogP) is 0.828. The van der Waals surface area contributed by atoms with Gasteiger partial charge in [0, 0.05) is 17.5 Å². The van der Waals surface area contributed by atoms with Crippen LogP contribution in [0.2, 0.25) is 0 Å². The van der Waals surface area contributed by atoms with Crippen LogP contribution in [0.4, 0.5) is 0 Å². The number of primary amides is 1. The maximum absolute atomic E-state index is 10.9. The van der Waals surface area contributed by atoms with E-state index in [0.717, 1.165) is 11.1 Å². The van der Waals surface area contributed by atoms with Crippen molar-refractivity contribution in [2.24, 2.45) is 5.73 Å². The molecule has 0 aromatic heterocycles. The average molecular weight is 203 g/mol. The van der Waals surface area contributed by atoms with E-state index in [1.807, 2.05) is 6.92 Å². The molecule has 3 N–H and O–H groups in total. The standard InChI is InChI=1S/C12H13NO2/c1-9-8-11(12(13)15)6-5-10(9)4-2-3-7-14/h5-6,8,14H,3,7H2,1H3,(H2,13,15). The molecule has 1 rings (SSSR count). The van der Waals surface area contributed by atoms with Gasteiger partial charge in [-0.2, -0.15) is 0 Å². The molecule has 0 aliphatic rings. The Balaban J connectivity index is 2.95. The molecule has 1 aromatic carbocycles. The van der Waals surface area contributed by atoms with Gasteiger partial charge >= 0.3 is 0 Å². The van der Waals surface area contributed by atoms with Crippen molar-refractivity contribution in [1.29, 1.82) is 0 Å². The lowest BCUT2D eigenvalue weighted by molar-refractivity contribution is 0.1000. The smallest absolute Gasteiger partial charge is 0.248 e. The van der Waals surface area contributed by atoms with Crippen molar-refractivity contribution in [1.82, 2.24) is 0 Å². The number of aliphatic hydroxyl groups is 1. The molecule has 0 spiro atoms. The third-order valence-corrected chi connectivity index (χ3v) is 1.97. The van der Waals surface area contributed by atoms with Gasteiger partial charge in [0.2, 0.25) is 5.91 Å². The average Bonchev–Trinajstić information content (AvgIpc) is 2.20. The largest absolute Gasteiger partial charge is 0.395 e. The molecule has 15 heavy (non-hydrogen) atoms. The molecule has 0 bridgehead atoms.